The van der Waals surface area contributed by atoms with Crippen LogP contribution >= 0.6 is 0 Å². The van der Waals surface area contributed by atoms with E-state index < -0.39 is 37.8 Å². The maximum atomic E-state index is 13.1. The summed E-state index contributed by atoms with van der Waals surface area (Å²) in [6, 6.07) is 9.08. The number of aliphatic hydroxyl groups is 2. The van der Waals surface area contributed by atoms with Crippen LogP contribution in [0.1, 0.15) is 31.4 Å². The molecule has 0 saturated heterocycles. The fraction of sp³-hybridized carbons (Fsp3) is 0.560. The molecule has 5 atom stereocenters. The van der Waals surface area contributed by atoms with Crippen LogP contribution in [0, 0.1) is 11.8 Å². The average molecular weight is 477 g/mol. The molecule has 33 heavy (non-hydrogen) atoms. The van der Waals surface area contributed by atoms with Gasteiger partial charge in [-0.25, -0.2) is 0 Å². The lowest BCUT2D eigenvalue weighted by molar-refractivity contribution is -0.230. The van der Waals surface area contributed by atoms with E-state index in [1.807, 2.05) is 31.2 Å². The van der Waals surface area contributed by atoms with Crippen molar-refractivity contribution in [2.75, 3.05) is 13.7 Å². The second kappa shape index (κ2) is 10.0. The summed E-state index contributed by atoms with van der Waals surface area (Å²) in [6.07, 6.45) is -0.225. The summed E-state index contributed by atoms with van der Waals surface area (Å²) < 4.78 is 22.6. The third-order valence-corrected chi connectivity index (χ3v) is 8.15. The van der Waals surface area contributed by atoms with Crippen LogP contribution in [0.5, 0.6) is 5.75 Å². The Morgan fingerprint density at radius 2 is 1.88 bits per heavy atom. The van der Waals surface area contributed by atoms with E-state index in [9.17, 15) is 15.0 Å². The number of furan rings is 1. The van der Waals surface area contributed by atoms with Crippen molar-refractivity contribution >= 4 is 19.4 Å². The lowest BCUT2D eigenvalue weighted by Crippen LogP contribution is -2.63. The molecular formula is C25H36O7Si. The van der Waals surface area contributed by atoms with Gasteiger partial charge >= 0.3 is 5.97 Å². The molecule has 1 aliphatic carbocycles. The van der Waals surface area contributed by atoms with E-state index in [1.54, 1.807) is 20.1 Å². The zero-order valence-corrected chi connectivity index (χ0v) is 21.3. The van der Waals surface area contributed by atoms with Crippen molar-refractivity contribution in [2.24, 2.45) is 11.8 Å². The highest BCUT2D eigenvalue weighted by molar-refractivity contribution is 6.88. The first-order valence-electron chi connectivity index (χ1n) is 11.4. The molecule has 0 amide bonds. The van der Waals surface area contributed by atoms with Gasteiger partial charge in [-0.15, -0.1) is 0 Å². The first-order valence-corrected chi connectivity index (χ1v) is 14.9. The van der Waals surface area contributed by atoms with Crippen LogP contribution in [0.4, 0.5) is 0 Å². The number of hydrogen-bond acceptors (Lipinski definition) is 7. The summed E-state index contributed by atoms with van der Waals surface area (Å²) in [7, 11) is -0.436. The molecular weight excluding hydrogens is 440 g/mol. The standard InChI is InChI=1S/C25H36O7Si/c1-7-30-23(27)20-14-16(2)21(26)22(32-15-17-8-10-18(29-3)11-9-17)25(20,28)19-12-13-31-24(19)33(4,5)6/h8-13,16,20-22,26,28H,7,14-15H2,1-6H3/t16-,20-,21+,22-,25+/m0/s1. The van der Waals surface area contributed by atoms with Crippen LogP contribution in [-0.4, -0.2) is 50.2 Å². The van der Waals surface area contributed by atoms with Gasteiger partial charge in [0.25, 0.3) is 0 Å². The number of carbonyl (C=O) groups excluding carboxylic acids is 1. The van der Waals surface area contributed by atoms with E-state index in [0.29, 0.717) is 10.9 Å². The number of ether oxygens (including phenoxy) is 3. The van der Waals surface area contributed by atoms with Crippen molar-refractivity contribution in [2.45, 2.75) is 64.3 Å². The van der Waals surface area contributed by atoms with Crippen molar-refractivity contribution in [1.82, 2.24) is 0 Å². The predicted molar refractivity (Wildman–Crippen MR) is 127 cm³/mol. The molecule has 0 bridgehead atoms. The van der Waals surface area contributed by atoms with Crippen LogP contribution in [0.25, 0.3) is 0 Å². The number of carbonyl (C=O) groups is 1. The molecule has 0 aliphatic heterocycles. The molecule has 8 heteroatoms. The fourth-order valence-corrected chi connectivity index (χ4v) is 6.16. The normalized spacial score (nSPS) is 27.9. The molecule has 2 aromatic rings. The molecule has 3 rings (SSSR count). The largest absolute Gasteiger partial charge is 0.497 e. The molecule has 1 aromatic heterocycles. The van der Waals surface area contributed by atoms with Gasteiger partial charge in [-0.3, -0.25) is 4.79 Å². The highest BCUT2D eigenvalue weighted by Crippen LogP contribution is 2.46. The molecule has 2 N–H and O–H groups in total. The lowest BCUT2D eigenvalue weighted by Gasteiger charge is -2.49. The minimum absolute atomic E-state index is 0.149. The highest BCUT2D eigenvalue weighted by Gasteiger charge is 2.59. The van der Waals surface area contributed by atoms with Gasteiger partial charge in [0.15, 0.2) is 0 Å². The third kappa shape index (κ3) is 5.04. The summed E-state index contributed by atoms with van der Waals surface area (Å²) in [5, 5.41) is 24.2. The number of esters is 1. The smallest absolute Gasteiger partial charge is 0.312 e. The lowest BCUT2D eigenvalue weighted by atomic mass is 9.65. The molecule has 1 fully saturated rings. The monoisotopic (exact) mass is 476 g/mol. The summed E-state index contributed by atoms with van der Waals surface area (Å²) >= 11 is 0. The maximum Gasteiger partial charge on any atom is 0.312 e. The van der Waals surface area contributed by atoms with Gasteiger partial charge in [0, 0.05) is 5.56 Å². The van der Waals surface area contributed by atoms with Crippen molar-refractivity contribution in [3.8, 4) is 5.75 Å². The van der Waals surface area contributed by atoms with E-state index in [0.717, 1.165) is 11.3 Å². The van der Waals surface area contributed by atoms with Crippen molar-refractivity contribution in [3.63, 3.8) is 0 Å². The quantitative estimate of drug-likeness (QED) is 0.446. The number of benzene rings is 1. The molecule has 0 spiro atoms. The number of aliphatic hydroxyl groups excluding tert-OH is 1. The van der Waals surface area contributed by atoms with Crippen LogP contribution in [0.3, 0.4) is 0 Å². The zero-order valence-electron chi connectivity index (χ0n) is 20.3. The third-order valence-electron chi connectivity index (χ3n) is 6.40. The Morgan fingerprint density at radius 3 is 2.45 bits per heavy atom. The van der Waals surface area contributed by atoms with E-state index in [1.165, 1.54) is 6.26 Å². The van der Waals surface area contributed by atoms with E-state index in [-0.39, 0.29) is 25.6 Å². The number of rotatable bonds is 8. The highest BCUT2D eigenvalue weighted by atomic mass is 28.3. The van der Waals surface area contributed by atoms with Crippen molar-refractivity contribution in [1.29, 1.82) is 0 Å². The van der Waals surface area contributed by atoms with Crippen LogP contribution < -0.4 is 10.1 Å². The van der Waals surface area contributed by atoms with E-state index in [4.69, 9.17) is 18.6 Å². The van der Waals surface area contributed by atoms with Gasteiger partial charge in [0.2, 0.25) is 0 Å². The molecule has 1 aliphatic rings. The maximum absolute atomic E-state index is 13.1. The summed E-state index contributed by atoms with van der Waals surface area (Å²) in [5.41, 5.74) is -0.438. The Labute approximate surface area is 196 Å². The predicted octanol–water partition coefficient (Wildman–Crippen LogP) is 3.19. The first-order chi connectivity index (χ1) is 15.5. The average Bonchev–Trinajstić information content (AvgIpc) is 3.28. The Hall–Kier alpha value is -2.13. The minimum atomic E-state index is -2.04. The second-order valence-corrected chi connectivity index (χ2v) is 14.8. The Balaban J connectivity index is 2.05. The van der Waals surface area contributed by atoms with Gasteiger partial charge in [0.05, 0.1) is 44.0 Å². The Morgan fingerprint density at radius 1 is 1.21 bits per heavy atom. The molecule has 1 aromatic carbocycles. The summed E-state index contributed by atoms with van der Waals surface area (Å²) in [6.45, 7) is 10.3. The van der Waals surface area contributed by atoms with Gasteiger partial charge in [-0.1, -0.05) is 38.7 Å². The number of hydrogen-bond donors (Lipinski definition) is 2. The molecule has 182 valence electrons. The fourth-order valence-electron chi connectivity index (χ4n) is 4.65. The van der Waals surface area contributed by atoms with Gasteiger partial charge in [-0.05, 0) is 43.0 Å². The van der Waals surface area contributed by atoms with E-state index >= 15 is 0 Å². The van der Waals surface area contributed by atoms with Crippen LogP contribution in [0.2, 0.25) is 19.6 Å². The topological polar surface area (TPSA) is 98.4 Å². The van der Waals surface area contributed by atoms with Crippen LogP contribution in [-0.2, 0) is 26.5 Å². The second-order valence-electron chi connectivity index (χ2n) is 9.83. The van der Waals surface area contributed by atoms with Crippen molar-refractivity contribution in [3.05, 3.63) is 47.7 Å². The molecule has 0 unspecified atom stereocenters. The first kappa shape index (κ1) is 25.5. The Kier molecular flexibility index (Phi) is 7.73. The number of methoxy groups -OCH3 is 1. The summed E-state index contributed by atoms with van der Waals surface area (Å²) in [5.74, 6) is -0.950. The molecule has 7 nitrogen and oxygen atoms in total. The minimum Gasteiger partial charge on any atom is -0.497 e. The van der Waals surface area contributed by atoms with Gasteiger partial charge < -0.3 is 28.8 Å². The van der Waals surface area contributed by atoms with Gasteiger partial charge in [-0.2, -0.15) is 0 Å². The van der Waals surface area contributed by atoms with Gasteiger partial charge in [0.1, 0.15) is 25.5 Å². The van der Waals surface area contributed by atoms with E-state index in [2.05, 4.69) is 19.6 Å². The molecule has 1 heterocycles. The zero-order chi connectivity index (χ0) is 24.4. The summed E-state index contributed by atoms with van der Waals surface area (Å²) in [4.78, 5) is 13.1. The van der Waals surface area contributed by atoms with Crippen molar-refractivity contribution < 1.29 is 33.6 Å². The molecule has 1 saturated carbocycles. The van der Waals surface area contributed by atoms with Crippen LogP contribution in [0.15, 0.2) is 41.0 Å². The molecule has 0 radical (unpaired) electrons. The SMILES string of the molecule is CCOC(=O)[C@@H]1C[C@H](C)[C@@H](O)[C@H](OCc2ccc(OC)cc2)[C@@]1(O)c1ccoc1[Si](C)(C)C. The Bertz CT molecular complexity index is 933.